The number of hydrogen-bond donors (Lipinski definition) is 4. The molecular formula is C49H63F3N14O7S. The number of amides is 2. The molecule has 0 aliphatic carbocycles. The molecule has 2 amide bonds. The van der Waals surface area contributed by atoms with E-state index < -0.39 is 21.6 Å². The quantitative estimate of drug-likeness (QED) is 0.0387. The number of piperidine rings is 2. The maximum Gasteiger partial charge on any atom is 0.534 e. The fourth-order valence-electron chi connectivity index (χ4n) is 8.35. The van der Waals surface area contributed by atoms with Gasteiger partial charge in [-0.05, 0) is 116 Å². The molecule has 8 rings (SSSR count). The second-order valence-electron chi connectivity index (χ2n) is 17.8. The number of nitrogen functional groups attached to an aromatic ring is 1. The summed E-state index contributed by atoms with van der Waals surface area (Å²) in [7, 11) is 5.93. The molecule has 74 heavy (non-hydrogen) atoms. The van der Waals surface area contributed by atoms with Gasteiger partial charge in [0.1, 0.15) is 11.5 Å². The average Bonchev–Trinajstić information content (AvgIpc) is 3.94. The lowest BCUT2D eigenvalue weighted by molar-refractivity contribution is -0.112. The van der Waals surface area contributed by atoms with Crippen molar-refractivity contribution < 1.29 is 44.8 Å². The highest BCUT2D eigenvalue weighted by Crippen LogP contribution is 2.40. The highest BCUT2D eigenvalue weighted by atomic mass is 32.2. The number of carbonyl (C=O) groups excluding carboxylic acids is 2. The molecule has 0 spiro atoms. The first kappa shape index (κ1) is 55.7. The molecule has 21 nitrogen and oxygen atoms in total. The molecule has 2 aliphatic heterocycles. The zero-order valence-corrected chi connectivity index (χ0v) is 43.4. The molecule has 25 heteroatoms. The number of aromatic nitrogens is 6. The second kappa shape index (κ2) is 23.9. The zero-order chi connectivity index (χ0) is 54.1. The standard InChI is InChI=1S/C24H31N7O2.C17H26N4O2.C8H6F3N3O3S/c1-6-23(32)26-19-13-20(27-24-25-15-18-8-7-16(2)31(18)28-24)22(33-5)14-21(19)30-11-9-17(10-12-30)29(3)4;1-5-17(22)19-14-10-13(18)16(23-4)11-15(14)21-8-6-12(7-9-21)20(2)3;1-5-2-3-6-4-12-7(13-14(5)6)17-18(15,16)8(9,10)11/h6-8,13-15,17H,1,9-12H2,2-5H3,(H,26,32)(H,27,28);5,10-12H,1,6-9,18H2,2-4H3,(H,19,22);2-4H,1H3. The predicted molar refractivity (Wildman–Crippen MR) is 280 cm³/mol. The first-order valence-electron chi connectivity index (χ1n) is 23.4. The first-order valence-corrected chi connectivity index (χ1v) is 24.8. The Balaban J connectivity index is 0.000000190. The molecular weight excluding hydrogens is 986 g/mol. The number of halogens is 3. The van der Waals surface area contributed by atoms with E-state index in [1.54, 1.807) is 45.5 Å². The number of fused-ring (bicyclic) bond motifs is 2. The number of ether oxygens (including phenoxy) is 2. The van der Waals surface area contributed by atoms with Gasteiger partial charge in [0.15, 0.2) is 0 Å². The fraction of sp³-hybridized carbons (Fsp3) is 0.388. The van der Waals surface area contributed by atoms with Gasteiger partial charge in [-0.25, -0.2) is 14.0 Å². The van der Waals surface area contributed by atoms with E-state index in [9.17, 15) is 31.2 Å². The van der Waals surface area contributed by atoms with Crippen LogP contribution in [0.1, 0.15) is 37.1 Å². The van der Waals surface area contributed by atoms with E-state index in [-0.39, 0.29) is 11.8 Å². The number of nitrogens with one attached hydrogen (secondary N) is 3. The number of hydrogen-bond acceptors (Lipinski definition) is 17. The Hall–Kier alpha value is -7.64. The molecule has 4 aromatic heterocycles. The Morgan fingerprint density at radius 3 is 1.64 bits per heavy atom. The van der Waals surface area contributed by atoms with E-state index in [2.05, 4.69) is 101 Å². The number of nitrogens with zero attached hydrogens (tertiary/aromatic N) is 10. The molecule has 6 heterocycles. The second-order valence-corrected chi connectivity index (χ2v) is 19.3. The van der Waals surface area contributed by atoms with E-state index in [1.165, 1.54) is 16.7 Å². The smallest absolute Gasteiger partial charge is 0.495 e. The van der Waals surface area contributed by atoms with Crippen LogP contribution >= 0.6 is 0 Å². The first-order chi connectivity index (χ1) is 35.0. The van der Waals surface area contributed by atoms with Crippen LogP contribution in [0.3, 0.4) is 0 Å². The van der Waals surface area contributed by atoms with Crippen LogP contribution in [0.5, 0.6) is 17.5 Å². The summed E-state index contributed by atoms with van der Waals surface area (Å²) in [5.41, 5.74) is 7.88. The summed E-state index contributed by atoms with van der Waals surface area (Å²) in [4.78, 5) is 40.8. The minimum absolute atomic E-state index is 0.251. The maximum atomic E-state index is 12.2. The number of nitrogens with two attached hydrogens (primary N) is 1. The minimum Gasteiger partial charge on any atom is -0.495 e. The molecule has 2 fully saturated rings. The van der Waals surface area contributed by atoms with Gasteiger partial charge in [-0.15, -0.1) is 10.2 Å². The molecule has 2 saturated heterocycles. The Morgan fingerprint density at radius 2 is 1.18 bits per heavy atom. The molecule has 0 radical (unpaired) electrons. The molecule has 0 bridgehead atoms. The summed E-state index contributed by atoms with van der Waals surface area (Å²) in [6.07, 6.45) is 9.69. The largest absolute Gasteiger partial charge is 0.534 e. The molecule has 398 valence electrons. The average molecular weight is 1050 g/mol. The molecule has 5 N–H and O–H groups in total. The number of carbonyl (C=O) groups is 2. The van der Waals surface area contributed by atoms with Crippen molar-refractivity contribution in [1.29, 1.82) is 0 Å². The van der Waals surface area contributed by atoms with Gasteiger partial charge in [0.05, 0.1) is 71.8 Å². The zero-order valence-electron chi connectivity index (χ0n) is 42.6. The van der Waals surface area contributed by atoms with Gasteiger partial charge in [-0.1, -0.05) is 13.2 Å². The lowest BCUT2D eigenvalue weighted by atomic mass is 10.0. The third-order valence-corrected chi connectivity index (χ3v) is 13.4. The monoisotopic (exact) mass is 1050 g/mol. The van der Waals surface area contributed by atoms with Gasteiger partial charge in [0.2, 0.25) is 17.8 Å². The highest BCUT2D eigenvalue weighted by molar-refractivity contribution is 7.87. The number of methoxy groups -OCH3 is 2. The molecule has 0 unspecified atom stereocenters. The highest BCUT2D eigenvalue weighted by Gasteiger charge is 2.49. The van der Waals surface area contributed by atoms with Crippen molar-refractivity contribution in [2.75, 3.05) is 100 Å². The minimum atomic E-state index is -5.75. The summed E-state index contributed by atoms with van der Waals surface area (Å²) >= 11 is 0. The van der Waals surface area contributed by atoms with Gasteiger partial charge >= 0.3 is 21.6 Å². The summed E-state index contributed by atoms with van der Waals surface area (Å²) in [6, 6.07) is 14.9. The van der Waals surface area contributed by atoms with Crippen molar-refractivity contribution in [3.8, 4) is 17.5 Å². The molecule has 2 aliphatic rings. The van der Waals surface area contributed by atoms with Gasteiger partial charge in [-0.2, -0.15) is 26.6 Å². The van der Waals surface area contributed by atoms with Gasteiger partial charge < -0.3 is 54.9 Å². The van der Waals surface area contributed by atoms with Crippen LogP contribution in [0, 0.1) is 13.8 Å². The molecule has 2 aromatic carbocycles. The van der Waals surface area contributed by atoms with Crippen LogP contribution in [0.2, 0.25) is 0 Å². The van der Waals surface area contributed by atoms with Crippen LogP contribution in [0.4, 0.5) is 53.2 Å². The van der Waals surface area contributed by atoms with Crippen molar-refractivity contribution in [2.45, 2.75) is 57.1 Å². The van der Waals surface area contributed by atoms with Crippen LogP contribution in [0.25, 0.3) is 11.0 Å². The fourth-order valence-corrected chi connectivity index (χ4v) is 8.71. The summed E-state index contributed by atoms with van der Waals surface area (Å²) in [5, 5.41) is 17.1. The third-order valence-electron chi connectivity index (χ3n) is 12.5. The molecule has 0 saturated carbocycles. The number of alkyl halides is 3. The lowest BCUT2D eigenvalue weighted by Crippen LogP contribution is -2.42. The van der Waals surface area contributed by atoms with Crippen molar-refractivity contribution in [3.63, 3.8) is 0 Å². The van der Waals surface area contributed by atoms with Crippen molar-refractivity contribution in [3.05, 3.63) is 97.6 Å². The van der Waals surface area contributed by atoms with E-state index in [0.717, 1.165) is 80.6 Å². The Labute approximate surface area is 427 Å². The predicted octanol–water partition coefficient (Wildman–Crippen LogP) is 6.64. The third kappa shape index (κ3) is 13.5. The Kier molecular flexibility index (Phi) is 18.0. The number of rotatable bonds is 14. The summed E-state index contributed by atoms with van der Waals surface area (Å²) < 4.78 is 75.6. The number of anilines is 7. The lowest BCUT2D eigenvalue weighted by Gasteiger charge is -2.37. The van der Waals surface area contributed by atoms with Gasteiger partial charge in [0, 0.05) is 61.8 Å². The van der Waals surface area contributed by atoms with Gasteiger partial charge in [-0.3, -0.25) is 9.59 Å². The Bertz CT molecular complexity index is 3070. The molecule has 6 aromatic rings. The van der Waals surface area contributed by atoms with E-state index in [1.807, 2.05) is 41.8 Å². The van der Waals surface area contributed by atoms with Gasteiger partial charge in [0.25, 0.3) is 0 Å². The normalized spacial score (nSPS) is 14.4. The van der Waals surface area contributed by atoms with Crippen LogP contribution in [-0.2, 0) is 19.7 Å². The van der Waals surface area contributed by atoms with Crippen LogP contribution in [0.15, 0.2) is 86.2 Å². The van der Waals surface area contributed by atoms with E-state index in [0.29, 0.717) is 63.5 Å². The van der Waals surface area contributed by atoms with E-state index in [4.69, 9.17) is 15.2 Å². The van der Waals surface area contributed by atoms with Crippen LogP contribution < -0.4 is 45.1 Å². The summed E-state index contributed by atoms with van der Waals surface area (Å²) in [5.74, 6) is 1.17. The Morgan fingerprint density at radius 1 is 0.716 bits per heavy atom. The van der Waals surface area contributed by atoms with E-state index >= 15 is 0 Å². The molecule has 0 atom stereocenters. The number of benzene rings is 2. The SMILES string of the molecule is C=CC(=O)Nc1cc(N)c(OC)cc1N1CCC(N(C)C)CC1.C=CC(=O)Nc1cc(Nc2ncc3ccc(C)n3n2)c(OC)cc1N1CCC(N(C)C)CC1.Cc1ccc2cnc(OS(=O)(=O)C(F)(F)F)nn12. The van der Waals surface area contributed by atoms with Crippen molar-refractivity contribution in [1.82, 2.24) is 39.0 Å². The van der Waals surface area contributed by atoms with Crippen molar-refractivity contribution >= 4 is 73.0 Å². The topological polar surface area (TPSA) is 231 Å². The number of aryl methyl sites for hydroxylation is 2. The van der Waals surface area contributed by atoms with Crippen molar-refractivity contribution in [2.24, 2.45) is 0 Å². The summed E-state index contributed by atoms with van der Waals surface area (Å²) in [6.45, 7) is 14.3. The maximum absolute atomic E-state index is 12.2. The van der Waals surface area contributed by atoms with Crippen LogP contribution in [-0.4, -0.2) is 145 Å².